The number of carbonyl (C=O) groups excluding carboxylic acids is 1. The minimum absolute atomic E-state index is 0.338. The summed E-state index contributed by atoms with van der Waals surface area (Å²) in [5, 5.41) is 11.8. The largest absolute Gasteiger partial charge is 0.478 e. The van der Waals surface area contributed by atoms with Crippen LogP contribution in [0.1, 0.15) is 25.0 Å². The first-order valence-electron chi connectivity index (χ1n) is 6.70. The lowest BCUT2D eigenvalue weighted by Gasteiger charge is -2.18. The Morgan fingerprint density at radius 2 is 2.10 bits per heavy atom. The van der Waals surface area contributed by atoms with Crippen LogP contribution < -0.4 is 4.74 Å². The Kier molecular flexibility index (Phi) is 3.32. The van der Waals surface area contributed by atoms with E-state index in [1.54, 1.807) is 6.92 Å². The van der Waals surface area contributed by atoms with E-state index >= 15 is 0 Å². The molecule has 4 nitrogen and oxygen atoms in total. The van der Waals surface area contributed by atoms with Crippen LogP contribution in [-0.2, 0) is 9.53 Å². The van der Waals surface area contributed by atoms with Crippen LogP contribution in [0.3, 0.4) is 0 Å². The molecule has 3 rings (SSSR count). The number of esters is 1. The molecule has 0 saturated carbocycles. The van der Waals surface area contributed by atoms with E-state index in [2.05, 4.69) is 0 Å². The van der Waals surface area contributed by atoms with E-state index in [1.807, 2.05) is 36.4 Å². The second-order valence-electron chi connectivity index (χ2n) is 4.94. The lowest BCUT2D eigenvalue weighted by Crippen LogP contribution is -2.22. The van der Waals surface area contributed by atoms with Gasteiger partial charge in [0.05, 0.1) is 12.7 Å². The standard InChI is InChI=1S/C16H16O4/c1-10(17)12-7-6-11-4-2-3-5-13(11)15(12)20-14-8-9-19-16(14)18/h2-7,10,14,17H,8-9H2,1H3/t10-,14?/m0/s1. The summed E-state index contributed by atoms with van der Waals surface area (Å²) in [5.41, 5.74) is 0.684. The molecule has 1 heterocycles. The predicted molar refractivity (Wildman–Crippen MR) is 74.6 cm³/mol. The fourth-order valence-corrected chi connectivity index (χ4v) is 2.45. The van der Waals surface area contributed by atoms with E-state index in [4.69, 9.17) is 9.47 Å². The van der Waals surface area contributed by atoms with Crippen molar-refractivity contribution in [3.05, 3.63) is 42.0 Å². The highest BCUT2D eigenvalue weighted by atomic mass is 16.6. The first-order chi connectivity index (χ1) is 9.66. The van der Waals surface area contributed by atoms with E-state index in [0.29, 0.717) is 24.3 Å². The molecule has 2 atom stereocenters. The van der Waals surface area contributed by atoms with Crippen LogP contribution in [0, 0.1) is 0 Å². The summed E-state index contributed by atoms with van der Waals surface area (Å²) in [6, 6.07) is 11.5. The summed E-state index contributed by atoms with van der Waals surface area (Å²) in [6.07, 6.45) is -0.702. The quantitative estimate of drug-likeness (QED) is 0.873. The average Bonchev–Trinajstić information content (AvgIpc) is 2.84. The number of carbonyl (C=O) groups is 1. The molecule has 1 unspecified atom stereocenters. The van der Waals surface area contributed by atoms with Crippen LogP contribution in [0.25, 0.3) is 10.8 Å². The Labute approximate surface area is 116 Å². The van der Waals surface area contributed by atoms with Gasteiger partial charge in [0.25, 0.3) is 0 Å². The number of ether oxygens (including phenoxy) is 2. The van der Waals surface area contributed by atoms with Crippen LogP contribution in [-0.4, -0.2) is 23.8 Å². The molecule has 0 amide bonds. The van der Waals surface area contributed by atoms with Crippen molar-refractivity contribution in [3.8, 4) is 5.75 Å². The van der Waals surface area contributed by atoms with Gasteiger partial charge in [-0.3, -0.25) is 0 Å². The zero-order chi connectivity index (χ0) is 14.1. The summed E-state index contributed by atoms with van der Waals surface area (Å²) in [6.45, 7) is 2.07. The monoisotopic (exact) mass is 272 g/mol. The normalized spacial score (nSPS) is 19.9. The van der Waals surface area contributed by atoms with E-state index in [0.717, 1.165) is 10.8 Å². The summed E-state index contributed by atoms with van der Waals surface area (Å²) >= 11 is 0. The van der Waals surface area contributed by atoms with Gasteiger partial charge in [0, 0.05) is 17.4 Å². The topological polar surface area (TPSA) is 55.8 Å². The number of cyclic esters (lactones) is 1. The number of aliphatic hydroxyl groups is 1. The van der Waals surface area contributed by atoms with Crippen LogP contribution in [0.4, 0.5) is 0 Å². The zero-order valence-corrected chi connectivity index (χ0v) is 11.2. The molecule has 0 aromatic heterocycles. The van der Waals surface area contributed by atoms with E-state index in [-0.39, 0.29) is 5.97 Å². The molecule has 4 heteroatoms. The van der Waals surface area contributed by atoms with Gasteiger partial charge in [-0.1, -0.05) is 36.4 Å². The number of fused-ring (bicyclic) bond motifs is 1. The molecule has 0 bridgehead atoms. The molecular formula is C16H16O4. The number of benzene rings is 2. The second kappa shape index (κ2) is 5.13. The molecule has 1 aliphatic heterocycles. The first kappa shape index (κ1) is 12.9. The minimum Gasteiger partial charge on any atom is -0.478 e. The summed E-state index contributed by atoms with van der Waals surface area (Å²) in [4.78, 5) is 11.6. The summed E-state index contributed by atoms with van der Waals surface area (Å²) in [7, 11) is 0. The molecule has 104 valence electrons. The Morgan fingerprint density at radius 1 is 1.30 bits per heavy atom. The Hall–Kier alpha value is -2.07. The van der Waals surface area contributed by atoms with Crippen molar-refractivity contribution in [1.29, 1.82) is 0 Å². The van der Waals surface area contributed by atoms with E-state index in [9.17, 15) is 9.90 Å². The lowest BCUT2D eigenvalue weighted by atomic mass is 10.0. The van der Waals surface area contributed by atoms with Crippen LogP contribution in [0.2, 0.25) is 0 Å². The van der Waals surface area contributed by atoms with Gasteiger partial charge in [-0.15, -0.1) is 0 Å². The first-order valence-corrected chi connectivity index (χ1v) is 6.70. The van der Waals surface area contributed by atoms with Crippen molar-refractivity contribution in [3.63, 3.8) is 0 Å². The molecule has 0 spiro atoms. The predicted octanol–water partition coefficient (Wildman–Crippen LogP) is 2.59. The molecule has 1 aliphatic rings. The smallest absolute Gasteiger partial charge is 0.347 e. The highest BCUT2D eigenvalue weighted by molar-refractivity contribution is 5.90. The molecule has 0 radical (unpaired) electrons. The third-order valence-corrected chi connectivity index (χ3v) is 3.51. The molecule has 20 heavy (non-hydrogen) atoms. The fraction of sp³-hybridized carbons (Fsp3) is 0.312. The number of aliphatic hydroxyl groups excluding tert-OH is 1. The maximum atomic E-state index is 11.6. The van der Waals surface area contributed by atoms with Crippen LogP contribution in [0.5, 0.6) is 5.75 Å². The van der Waals surface area contributed by atoms with Gasteiger partial charge in [-0.2, -0.15) is 0 Å². The molecule has 2 aromatic carbocycles. The SMILES string of the molecule is C[C@H](O)c1ccc2ccccc2c1OC1CCOC1=O. The Bertz CT molecular complexity index is 648. The zero-order valence-electron chi connectivity index (χ0n) is 11.2. The Balaban J connectivity index is 2.09. The van der Waals surface area contributed by atoms with Crippen molar-refractivity contribution >= 4 is 16.7 Å². The molecule has 2 aromatic rings. The molecule has 1 saturated heterocycles. The lowest BCUT2D eigenvalue weighted by molar-refractivity contribution is -0.143. The third-order valence-electron chi connectivity index (χ3n) is 3.51. The van der Waals surface area contributed by atoms with Crippen molar-refractivity contribution in [2.75, 3.05) is 6.61 Å². The highest BCUT2D eigenvalue weighted by Gasteiger charge is 2.30. The molecular weight excluding hydrogens is 256 g/mol. The van der Waals surface area contributed by atoms with Crippen molar-refractivity contribution in [2.24, 2.45) is 0 Å². The second-order valence-corrected chi connectivity index (χ2v) is 4.94. The van der Waals surface area contributed by atoms with Crippen LogP contribution >= 0.6 is 0 Å². The maximum Gasteiger partial charge on any atom is 0.347 e. The van der Waals surface area contributed by atoms with Gasteiger partial charge >= 0.3 is 5.97 Å². The molecule has 0 aliphatic carbocycles. The van der Waals surface area contributed by atoms with Gasteiger partial charge < -0.3 is 14.6 Å². The van der Waals surface area contributed by atoms with Crippen LogP contribution in [0.15, 0.2) is 36.4 Å². The van der Waals surface area contributed by atoms with Gasteiger partial charge in [-0.05, 0) is 12.3 Å². The minimum atomic E-state index is -0.660. The number of hydrogen-bond donors (Lipinski definition) is 1. The van der Waals surface area contributed by atoms with Gasteiger partial charge in [0.1, 0.15) is 5.75 Å². The van der Waals surface area contributed by atoms with Gasteiger partial charge in [0.2, 0.25) is 0 Å². The molecule has 1 N–H and O–H groups in total. The fourth-order valence-electron chi connectivity index (χ4n) is 2.45. The van der Waals surface area contributed by atoms with E-state index < -0.39 is 12.2 Å². The third kappa shape index (κ3) is 2.23. The van der Waals surface area contributed by atoms with Gasteiger partial charge in [-0.25, -0.2) is 4.79 Å². The average molecular weight is 272 g/mol. The number of hydrogen-bond acceptors (Lipinski definition) is 4. The Morgan fingerprint density at radius 3 is 2.80 bits per heavy atom. The summed E-state index contributed by atoms with van der Waals surface area (Å²) < 4.78 is 10.8. The van der Waals surface area contributed by atoms with Crippen molar-refractivity contribution in [1.82, 2.24) is 0 Å². The summed E-state index contributed by atoms with van der Waals surface area (Å²) in [5.74, 6) is 0.233. The number of rotatable bonds is 3. The highest BCUT2D eigenvalue weighted by Crippen LogP contribution is 2.35. The molecule has 1 fully saturated rings. The maximum absolute atomic E-state index is 11.6. The van der Waals surface area contributed by atoms with Gasteiger partial charge in [0.15, 0.2) is 6.10 Å². The van der Waals surface area contributed by atoms with Crippen molar-refractivity contribution in [2.45, 2.75) is 25.6 Å². The van der Waals surface area contributed by atoms with E-state index in [1.165, 1.54) is 0 Å². The van der Waals surface area contributed by atoms with Crippen molar-refractivity contribution < 1.29 is 19.4 Å².